The molecule has 3 heterocycles. The Morgan fingerprint density at radius 1 is 1.33 bits per heavy atom. The van der Waals surface area contributed by atoms with Crippen molar-refractivity contribution in [3.05, 3.63) is 45.5 Å². The van der Waals surface area contributed by atoms with Crippen LogP contribution >= 0.6 is 22.9 Å². The molecule has 0 atom stereocenters. The molecule has 3 aromatic heterocycles. The van der Waals surface area contributed by atoms with Crippen molar-refractivity contribution in [1.29, 1.82) is 0 Å². The van der Waals surface area contributed by atoms with Gasteiger partial charge in [0.25, 0.3) is 0 Å². The van der Waals surface area contributed by atoms with Crippen LogP contribution in [-0.4, -0.2) is 14.6 Å². The molecule has 1 N–H and O–H groups in total. The number of nitrogens with one attached hydrogen (secondary N) is 1. The lowest BCUT2D eigenvalue weighted by Crippen LogP contribution is -2.11. The van der Waals surface area contributed by atoms with Gasteiger partial charge < -0.3 is 5.32 Å². The Kier molecular flexibility index (Phi) is 3.63. The second-order valence-corrected chi connectivity index (χ2v) is 7.74. The molecule has 0 radical (unpaired) electrons. The van der Waals surface area contributed by atoms with Gasteiger partial charge in [-0.25, -0.2) is 9.50 Å². The van der Waals surface area contributed by atoms with Gasteiger partial charge in [0.1, 0.15) is 5.52 Å². The summed E-state index contributed by atoms with van der Waals surface area (Å²) < 4.78 is 2.68. The van der Waals surface area contributed by atoms with E-state index in [1.54, 1.807) is 17.5 Å². The van der Waals surface area contributed by atoms with E-state index in [2.05, 4.69) is 42.2 Å². The monoisotopic (exact) mass is 320 g/mol. The largest absolute Gasteiger partial charge is 0.363 e. The maximum atomic E-state index is 5.95. The topological polar surface area (TPSA) is 42.2 Å². The summed E-state index contributed by atoms with van der Waals surface area (Å²) in [5.74, 6) is 0.838. The summed E-state index contributed by atoms with van der Waals surface area (Å²) in [4.78, 5) is 5.60. The molecule has 0 saturated carbocycles. The number of aromatic nitrogens is 3. The third-order valence-corrected chi connectivity index (χ3v) is 4.45. The summed E-state index contributed by atoms with van der Waals surface area (Å²) in [5.41, 5.74) is 2.06. The Balaban J connectivity index is 1.89. The van der Waals surface area contributed by atoms with E-state index in [1.165, 1.54) is 4.88 Å². The minimum absolute atomic E-state index is 0.0184. The van der Waals surface area contributed by atoms with Crippen LogP contribution in [0.15, 0.2) is 30.6 Å². The molecule has 0 saturated heterocycles. The molecule has 3 aromatic rings. The highest BCUT2D eigenvalue weighted by Crippen LogP contribution is 2.26. The van der Waals surface area contributed by atoms with Crippen LogP contribution in [0, 0.1) is 0 Å². The van der Waals surface area contributed by atoms with E-state index in [9.17, 15) is 0 Å². The van der Waals surface area contributed by atoms with E-state index < -0.39 is 0 Å². The van der Waals surface area contributed by atoms with Gasteiger partial charge in [0.05, 0.1) is 16.6 Å². The summed E-state index contributed by atoms with van der Waals surface area (Å²) in [6, 6.07) is 6.03. The Morgan fingerprint density at radius 2 is 2.14 bits per heavy atom. The van der Waals surface area contributed by atoms with Crippen LogP contribution in [0.3, 0.4) is 0 Å². The molecule has 4 nitrogen and oxygen atoms in total. The van der Waals surface area contributed by atoms with Crippen LogP contribution < -0.4 is 5.32 Å². The van der Waals surface area contributed by atoms with E-state index in [0.29, 0.717) is 6.54 Å². The number of nitrogens with zero attached hydrogens (tertiary/aromatic N) is 3. The molecule has 110 valence electrons. The molecule has 0 amide bonds. The van der Waals surface area contributed by atoms with Crippen LogP contribution in [0.5, 0.6) is 0 Å². The van der Waals surface area contributed by atoms with Gasteiger partial charge in [-0.3, -0.25) is 0 Å². The van der Waals surface area contributed by atoms with Gasteiger partial charge in [0, 0.05) is 22.7 Å². The first kappa shape index (κ1) is 14.4. The molecule has 0 bridgehead atoms. The van der Waals surface area contributed by atoms with Crippen molar-refractivity contribution >= 4 is 34.3 Å². The molecule has 0 fully saturated rings. The third-order valence-electron chi connectivity index (χ3n) is 3.22. The van der Waals surface area contributed by atoms with Crippen molar-refractivity contribution in [1.82, 2.24) is 14.6 Å². The second kappa shape index (κ2) is 5.31. The number of anilines is 1. The highest BCUT2D eigenvalue weighted by molar-refractivity contribution is 7.16. The van der Waals surface area contributed by atoms with Crippen LogP contribution in [0.25, 0.3) is 5.52 Å². The first-order chi connectivity index (χ1) is 9.93. The lowest BCUT2D eigenvalue weighted by Gasteiger charge is -2.13. The van der Waals surface area contributed by atoms with Gasteiger partial charge in [-0.15, -0.1) is 11.3 Å². The third kappa shape index (κ3) is 3.04. The fourth-order valence-electron chi connectivity index (χ4n) is 2.04. The second-order valence-electron chi connectivity index (χ2n) is 5.94. The van der Waals surface area contributed by atoms with Crippen LogP contribution in [0.2, 0.25) is 4.34 Å². The zero-order valence-corrected chi connectivity index (χ0v) is 13.8. The summed E-state index contributed by atoms with van der Waals surface area (Å²) in [6.45, 7) is 7.18. The van der Waals surface area contributed by atoms with E-state index >= 15 is 0 Å². The maximum Gasteiger partial charge on any atom is 0.152 e. The van der Waals surface area contributed by atoms with E-state index in [1.807, 2.05) is 22.8 Å². The highest BCUT2D eigenvalue weighted by atomic mass is 35.5. The van der Waals surface area contributed by atoms with Gasteiger partial charge in [-0.2, -0.15) is 5.10 Å². The van der Waals surface area contributed by atoms with Crippen LogP contribution in [0.4, 0.5) is 5.82 Å². The fraction of sp³-hybridized carbons (Fsp3) is 0.333. The Bertz CT molecular complexity index is 769. The van der Waals surface area contributed by atoms with Crippen molar-refractivity contribution in [2.75, 3.05) is 5.32 Å². The van der Waals surface area contributed by atoms with Gasteiger partial charge in [0.15, 0.2) is 5.82 Å². The van der Waals surface area contributed by atoms with E-state index in [4.69, 9.17) is 11.6 Å². The van der Waals surface area contributed by atoms with Crippen molar-refractivity contribution in [2.45, 2.75) is 32.7 Å². The molecule has 0 aliphatic rings. The Hall–Kier alpha value is -1.59. The average molecular weight is 321 g/mol. The van der Waals surface area contributed by atoms with Gasteiger partial charge in [-0.05, 0) is 18.2 Å². The fourth-order valence-corrected chi connectivity index (χ4v) is 3.07. The Morgan fingerprint density at radius 3 is 2.81 bits per heavy atom. The molecule has 3 rings (SSSR count). The summed E-state index contributed by atoms with van der Waals surface area (Å²) >= 11 is 7.53. The molecule has 21 heavy (non-hydrogen) atoms. The number of hydrogen-bond donors (Lipinski definition) is 1. The first-order valence-corrected chi connectivity index (χ1v) is 7.96. The lowest BCUT2D eigenvalue weighted by molar-refractivity contribution is 0.562. The summed E-state index contributed by atoms with van der Waals surface area (Å²) in [6.07, 6.45) is 3.63. The summed E-state index contributed by atoms with van der Waals surface area (Å²) in [5, 5.41) is 7.98. The van der Waals surface area contributed by atoms with Crippen molar-refractivity contribution < 1.29 is 0 Å². The smallest absolute Gasteiger partial charge is 0.152 e. The summed E-state index contributed by atoms with van der Waals surface area (Å²) in [7, 11) is 0. The number of rotatable bonds is 3. The minimum atomic E-state index is 0.0184. The SMILES string of the molecule is CC(C)(C)c1cc2c(NCc3ccc(Cl)s3)nccn2n1. The highest BCUT2D eigenvalue weighted by Gasteiger charge is 2.19. The lowest BCUT2D eigenvalue weighted by atomic mass is 9.92. The average Bonchev–Trinajstić information content (AvgIpc) is 3.01. The van der Waals surface area contributed by atoms with E-state index in [0.717, 1.165) is 21.4 Å². The predicted molar refractivity (Wildman–Crippen MR) is 88.3 cm³/mol. The van der Waals surface area contributed by atoms with E-state index in [-0.39, 0.29) is 5.41 Å². The number of hydrogen-bond acceptors (Lipinski definition) is 4. The predicted octanol–water partition coefficient (Wildman–Crippen LogP) is 4.35. The van der Waals surface area contributed by atoms with Crippen LogP contribution in [-0.2, 0) is 12.0 Å². The number of thiophene rings is 1. The zero-order valence-electron chi connectivity index (χ0n) is 12.2. The van der Waals surface area contributed by atoms with Gasteiger partial charge >= 0.3 is 0 Å². The first-order valence-electron chi connectivity index (χ1n) is 6.76. The van der Waals surface area contributed by atoms with Crippen molar-refractivity contribution in [3.63, 3.8) is 0 Å². The molecule has 6 heteroatoms. The molecule has 0 unspecified atom stereocenters. The number of halogens is 1. The Labute approximate surface area is 132 Å². The normalized spacial score (nSPS) is 12.0. The van der Waals surface area contributed by atoms with Gasteiger partial charge in [-0.1, -0.05) is 32.4 Å². The quantitative estimate of drug-likeness (QED) is 0.780. The molecular weight excluding hydrogens is 304 g/mol. The maximum absolute atomic E-state index is 5.95. The molecule has 0 aliphatic heterocycles. The molecule has 0 aromatic carbocycles. The van der Waals surface area contributed by atoms with Crippen molar-refractivity contribution in [2.24, 2.45) is 0 Å². The van der Waals surface area contributed by atoms with Crippen LogP contribution in [0.1, 0.15) is 31.3 Å². The standard InChI is InChI=1S/C15H17ClN4S/c1-15(2,3)12-8-11-14(17-6-7-20(11)19-12)18-9-10-4-5-13(16)21-10/h4-8H,9H2,1-3H3,(H,17,18). The zero-order chi connectivity index (χ0) is 15.0. The molecule has 0 aliphatic carbocycles. The van der Waals surface area contributed by atoms with Gasteiger partial charge in [0.2, 0.25) is 0 Å². The molecular formula is C15H17ClN4S. The van der Waals surface area contributed by atoms with Crippen molar-refractivity contribution in [3.8, 4) is 0 Å². The number of fused-ring (bicyclic) bond motifs is 1. The minimum Gasteiger partial charge on any atom is -0.363 e. The molecule has 0 spiro atoms.